The summed E-state index contributed by atoms with van der Waals surface area (Å²) in [7, 11) is 0. The van der Waals surface area contributed by atoms with Crippen LogP contribution in [0.5, 0.6) is 0 Å². The van der Waals surface area contributed by atoms with Crippen LogP contribution in [0.3, 0.4) is 0 Å². The molecule has 0 amide bonds. The van der Waals surface area contributed by atoms with Crippen LogP contribution in [0.1, 0.15) is 54.6 Å². The number of rotatable bonds is 5. The van der Waals surface area contributed by atoms with Gasteiger partial charge in [-0.2, -0.15) is 5.10 Å². The fraction of sp³-hybridized carbons (Fsp3) is 0.458. The van der Waals surface area contributed by atoms with Crippen molar-refractivity contribution < 1.29 is 18.3 Å². The van der Waals surface area contributed by atoms with E-state index in [2.05, 4.69) is 15.0 Å². The summed E-state index contributed by atoms with van der Waals surface area (Å²) in [5.41, 5.74) is 0.957. The number of piperidine rings is 2. The van der Waals surface area contributed by atoms with Crippen LogP contribution >= 0.6 is 0 Å². The fourth-order valence-corrected chi connectivity index (χ4v) is 5.07. The molecule has 0 spiro atoms. The van der Waals surface area contributed by atoms with E-state index in [-0.39, 0.29) is 16.9 Å². The van der Waals surface area contributed by atoms with Gasteiger partial charge in [-0.1, -0.05) is 36.8 Å². The highest BCUT2D eigenvalue weighted by molar-refractivity contribution is 5.96. The minimum atomic E-state index is -2.76. The Morgan fingerprint density at radius 1 is 1.12 bits per heavy atom. The van der Waals surface area contributed by atoms with E-state index in [9.17, 15) is 13.6 Å². The van der Waals surface area contributed by atoms with Gasteiger partial charge in [0.15, 0.2) is 5.65 Å². The smallest absolute Gasteiger partial charge is 0.343 e. The van der Waals surface area contributed by atoms with Gasteiger partial charge in [0, 0.05) is 17.5 Å². The van der Waals surface area contributed by atoms with Gasteiger partial charge in [-0.3, -0.25) is 4.90 Å². The molecule has 0 radical (unpaired) electrons. The first-order chi connectivity index (χ1) is 15.6. The van der Waals surface area contributed by atoms with Gasteiger partial charge in [-0.25, -0.2) is 23.1 Å². The molecule has 0 saturated carbocycles. The van der Waals surface area contributed by atoms with Crippen molar-refractivity contribution in [2.45, 2.75) is 44.6 Å². The first-order valence-electron chi connectivity index (χ1n) is 11.3. The summed E-state index contributed by atoms with van der Waals surface area (Å²) >= 11 is 0. The molecular formula is C24H26F2N4O2. The van der Waals surface area contributed by atoms with Crippen LogP contribution in [0.2, 0.25) is 0 Å². The van der Waals surface area contributed by atoms with E-state index in [1.807, 2.05) is 18.2 Å². The molecule has 3 aromatic rings. The van der Waals surface area contributed by atoms with Crippen LogP contribution in [0.25, 0.3) is 16.9 Å². The monoisotopic (exact) mass is 440 g/mol. The van der Waals surface area contributed by atoms with Gasteiger partial charge in [-0.05, 0) is 44.8 Å². The van der Waals surface area contributed by atoms with Crippen molar-refractivity contribution in [3.8, 4) is 11.3 Å². The van der Waals surface area contributed by atoms with Crippen LogP contribution in [-0.4, -0.2) is 51.2 Å². The molecule has 0 unspecified atom stereocenters. The summed E-state index contributed by atoms with van der Waals surface area (Å²) < 4.78 is 34.2. The van der Waals surface area contributed by atoms with E-state index in [4.69, 9.17) is 4.74 Å². The highest BCUT2D eigenvalue weighted by Gasteiger charge is 2.34. The van der Waals surface area contributed by atoms with Crippen molar-refractivity contribution in [2.24, 2.45) is 5.92 Å². The van der Waals surface area contributed by atoms with Crippen LogP contribution < -0.4 is 0 Å². The summed E-state index contributed by atoms with van der Waals surface area (Å²) in [6.45, 7) is 2.56. The molecule has 4 heterocycles. The van der Waals surface area contributed by atoms with E-state index in [0.717, 1.165) is 36.9 Å². The lowest BCUT2D eigenvalue weighted by molar-refractivity contribution is 0.00749. The molecule has 0 bridgehead atoms. The molecule has 2 saturated heterocycles. The molecule has 2 aliphatic heterocycles. The summed E-state index contributed by atoms with van der Waals surface area (Å²) in [6.07, 6.45) is 4.24. The van der Waals surface area contributed by atoms with E-state index in [1.54, 1.807) is 12.1 Å². The molecule has 2 fully saturated rings. The molecule has 0 N–H and O–H groups in total. The van der Waals surface area contributed by atoms with Gasteiger partial charge in [0.05, 0.1) is 18.5 Å². The lowest BCUT2D eigenvalue weighted by Crippen LogP contribution is -2.49. The Labute approximate surface area is 185 Å². The lowest BCUT2D eigenvalue weighted by Gasteiger charge is -2.44. The number of benzene rings is 1. The summed E-state index contributed by atoms with van der Waals surface area (Å²) in [6, 6.07) is 10.8. The number of carbonyl (C=O) groups excluding carboxylic acids is 1. The first kappa shape index (κ1) is 21.0. The lowest BCUT2D eigenvalue weighted by atomic mass is 9.84. The number of carbonyl (C=O) groups is 1. The Bertz CT molecular complexity index is 1100. The van der Waals surface area contributed by atoms with Crippen molar-refractivity contribution in [2.75, 3.05) is 19.7 Å². The number of alkyl halides is 2. The standard InChI is InChI=1S/C24H26F2N4O2/c25-22(26)21-13-19(16-7-2-1-3-8-16)28-23-18(14-27-30(21)23)24(31)32-15-17-9-6-12-29-11-5-4-10-20(17)29/h1-3,7-8,13-14,17,20,22H,4-6,9-12,15H2/t17-,20+/m0/s1. The third-order valence-electron chi connectivity index (χ3n) is 6.67. The van der Waals surface area contributed by atoms with E-state index < -0.39 is 12.4 Å². The molecule has 1 aromatic carbocycles. The molecule has 168 valence electrons. The van der Waals surface area contributed by atoms with E-state index >= 15 is 0 Å². The largest absolute Gasteiger partial charge is 0.462 e. The quantitative estimate of drug-likeness (QED) is 0.536. The van der Waals surface area contributed by atoms with Gasteiger partial charge in [0.25, 0.3) is 6.43 Å². The van der Waals surface area contributed by atoms with Crippen molar-refractivity contribution in [1.29, 1.82) is 0 Å². The van der Waals surface area contributed by atoms with Gasteiger partial charge in [-0.15, -0.1) is 0 Å². The number of hydrogen-bond donors (Lipinski definition) is 0. The van der Waals surface area contributed by atoms with E-state index in [1.165, 1.54) is 25.1 Å². The Hall–Kier alpha value is -2.87. The number of esters is 1. The maximum Gasteiger partial charge on any atom is 0.343 e. The molecule has 0 aliphatic carbocycles. The predicted molar refractivity (Wildman–Crippen MR) is 116 cm³/mol. The van der Waals surface area contributed by atoms with Crippen LogP contribution in [0, 0.1) is 5.92 Å². The zero-order valence-corrected chi connectivity index (χ0v) is 17.8. The average Bonchev–Trinajstić information content (AvgIpc) is 3.26. The van der Waals surface area contributed by atoms with Crippen LogP contribution in [0.15, 0.2) is 42.6 Å². The second-order valence-corrected chi connectivity index (χ2v) is 8.63. The number of ether oxygens (including phenoxy) is 1. The highest BCUT2D eigenvalue weighted by atomic mass is 19.3. The topological polar surface area (TPSA) is 59.7 Å². The Morgan fingerprint density at radius 3 is 2.75 bits per heavy atom. The Balaban J connectivity index is 1.41. The maximum absolute atomic E-state index is 13.7. The van der Waals surface area contributed by atoms with Crippen molar-refractivity contribution in [3.05, 3.63) is 53.9 Å². The minimum absolute atomic E-state index is 0.0922. The fourth-order valence-electron chi connectivity index (χ4n) is 5.07. The number of halogens is 2. The normalized spacial score (nSPS) is 21.6. The van der Waals surface area contributed by atoms with Crippen molar-refractivity contribution in [1.82, 2.24) is 19.5 Å². The van der Waals surface area contributed by atoms with Gasteiger partial charge < -0.3 is 4.74 Å². The van der Waals surface area contributed by atoms with Gasteiger partial charge in [0.1, 0.15) is 11.3 Å². The molecule has 6 nitrogen and oxygen atoms in total. The predicted octanol–water partition coefficient (Wildman–Crippen LogP) is 4.76. The summed E-state index contributed by atoms with van der Waals surface area (Å²) in [5, 5.41) is 4.02. The SMILES string of the molecule is O=C(OC[C@@H]1CCCN2CCCC[C@H]12)c1cnn2c(C(F)F)cc(-c3ccccc3)nc12. The van der Waals surface area contributed by atoms with Crippen molar-refractivity contribution >= 4 is 11.6 Å². The van der Waals surface area contributed by atoms with Crippen LogP contribution in [0.4, 0.5) is 8.78 Å². The van der Waals surface area contributed by atoms with Gasteiger partial charge >= 0.3 is 5.97 Å². The minimum Gasteiger partial charge on any atom is -0.462 e. The number of fused-ring (bicyclic) bond motifs is 2. The third kappa shape index (κ3) is 3.99. The van der Waals surface area contributed by atoms with Crippen molar-refractivity contribution in [3.63, 3.8) is 0 Å². The molecule has 2 atom stereocenters. The molecule has 2 aromatic heterocycles. The maximum atomic E-state index is 13.7. The molecule has 5 rings (SSSR count). The zero-order chi connectivity index (χ0) is 22.1. The van der Waals surface area contributed by atoms with Gasteiger partial charge in [0.2, 0.25) is 0 Å². The first-order valence-corrected chi connectivity index (χ1v) is 11.3. The molecule has 8 heteroatoms. The number of aromatic nitrogens is 3. The molecular weight excluding hydrogens is 414 g/mol. The Morgan fingerprint density at radius 2 is 1.94 bits per heavy atom. The highest BCUT2D eigenvalue weighted by Crippen LogP contribution is 2.31. The number of hydrogen-bond acceptors (Lipinski definition) is 5. The summed E-state index contributed by atoms with van der Waals surface area (Å²) in [4.78, 5) is 19.9. The number of nitrogens with zero attached hydrogens (tertiary/aromatic N) is 4. The second-order valence-electron chi connectivity index (χ2n) is 8.63. The van der Waals surface area contributed by atoms with E-state index in [0.29, 0.717) is 29.8 Å². The average molecular weight is 440 g/mol. The molecule has 2 aliphatic rings. The third-order valence-corrected chi connectivity index (χ3v) is 6.67. The Kier molecular flexibility index (Phi) is 5.87. The summed E-state index contributed by atoms with van der Waals surface area (Å²) in [5.74, 6) is -0.259. The van der Waals surface area contributed by atoms with Crippen LogP contribution in [-0.2, 0) is 4.74 Å². The zero-order valence-electron chi connectivity index (χ0n) is 17.8. The molecule has 32 heavy (non-hydrogen) atoms. The second kappa shape index (κ2) is 8.94.